The van der Waals surface area contributed by atoms with E-state index in [0.29, 0.717) is 5.69 Å². The van der Waals surface area contributed by atoms with Crippen LogP contribution < -0.4 is 11.1 Å². The second kappa shape index (κ2) is 3.65. The van der Waals surface area contributed by atoms with Crippen LogP contribution in [0.3, 0.4) is 0 Å². The van der Waals surface area contributed by atoms with E-state index < -0.39 is 11.4 Å². The summed E-state index contributed by atoms with van der Waals surface area (Å²) in [5, 5.41) is 2.84. The number of nitrogens with one attached hydrogen (secondary N) is 1. The standard InChI is InChI=1S/C10H13FN2O/c1-10(2,9(12)14)13-8-5-3-4-7(11)6-8/h3-6,13H,1-2H3,(H2,12,14). The number of rotatable bonds is 3. The lowest BCUT2D eigenvalue weighted by molar-refractivity contribution is -0.121. The molecule has 0 bridgehead atoms. The third-order valence-corrected chi connectivity index (χ3v) is 1.90. The fourth-order valence-electron chi connectivity index (χ4n) is 0.989. The van der Waals surface area contributed by atoms with Crippen molar-refractivity contribution in [2.24, 2.45) is 5.73 Å². The number of benzene rings is 1. The van der Waals surface area contributed by atoms with Crippen LogP contribution in [0, 0.1) is 5.82 Å². The Hall–Kier alpha value is -1.58. The van der Waals surface area contributed by atoms with Crippen LogP contribution in [0.4, 0.5) is 10.1 Å². The average molecular weight is 196 g/mol. The van der Waals surface area contributed by atoms with E-state index in [9.17, 15) is 9.18 Å². The monoisotopic (exact) mass is 196 g/mol. The molecule has 0 atom stereocenters. The van der Waals surface area contributed by atoms with Crippen molar-refractivity contribution in [3.63, 3.8) is 0 Å². The summed E-state index contributed by atoms with van der Waals surface area (Å²) in [5.41, 5.74) is 4.82. The molecule has 1 aromatic carbocycles. The minimum Gasteiger partial charge on any atom is -0.372 e. The molecule has 0 spiro atoms. The summed E-state index contributed by atoms with van der Waals surface area (Å²) in [4.78, 5) is 11.0. The Morgan fingerprint density at radius 2 is 2.14 bits per heavy atom. The van der Waals surface area contributed by atoms with Gasteiger partial charge >= 0.3 is 0 Å². The molecule has 0 aromatic heterocycles. The fraction of sp³-hybridized carbons (Fsp3) is 0.300. The predicted molar refractivity (Wildman–Crippen MR) is 53.3 cm³/mol. The van der Waals surface area contributed by atoms with Crippen molar-refractivity contribution in [2.75, 3.05) is 5.32 Å². The van der Waals surface area contributed by atoms with Gasteiger partial charge in [-0.05, 0) is 32.0 Å². The summed E-state index contributed by atoms with van der Waals surface area (Å²) in [6, 6.07) is 5.88. The van der Waals surface area contributed by atoms with Crippen molar-refractivity contribution in [2.45, 2.75) is 19.4 Å². The molecule has 0 heterocycles. The van der Waals surface area contributed by atoms with Gasteiger partial charge in [-0.2, -0.15) is 0 Å². The van der Waals surface area contributed by atoms with Gasteiger partial charge in [-0.1, -0.05) is 6.07 Å². The molecule has 0 aliphatic carbocycles. The van der Waals surface area contributed by atoms with E-state index in [0.717, 1.165) is 0 Å². The molecule has 76 valence electrons. The van der Waals surface area contributed by atoms with E-state index >= 15 is 0 Å². The van der Waals surface area contributed by atoms with Crippen LogP contribution in [0.2, 0.25) is 0 Å². The molecule has 1 amide bonds. The van der Waals surface area contributed by atoms with Crippen molar-refractivity contribution in [3.8, 4) is 0 Å². The van der Waals surface area contributed by atoms with Gasteiger partial charge < -0.3 is 11.1 Å². The van der Waals surface area contributed by atoms with Gasteiger partial charge in [0, 0.05) is 5.69 Å². The van der Waals surface area contributed by atoms with Gasteiger partial charge in [0.05, 0.1) is 0 Å². The van der Waals surface area contributed by atoms with Crippen LogP contribution in [0.15, 0.2) is 24.3 Å². The number of hydrogen-bond acceptors (Lipinski definition) is 2. The number of halogens is 1. The zero-order valence-electron chi connectivity index (χ0n) is 8.17. The lowest BCUT2D eigenvalue weighted by Crippen LogP contribution is -2.45. The Kier molecular flexibility index (Phi) is 2.74. The molecule has 0 saturated heterocycles. The Morgan fingerprint density at radius 3 is 2.64 bits per heavy atom. The van der Waals surface area contributed by atoms with E-state index in [-0.39, 0.29) is 5.82 Å². The van der Waals surface area contributed by atoms with E-state index in [2.05, 4.69) is 5.32 Å². The van der Waals surface area contributed by atoms with E-state index in [4.69, 9.17) is 5.73 Å². The predicted octanol–water partition coefficient (Wildman–Crippen LogP) is 1.50. The van der Waals surface area contributed by atoms with Crippen molar-refractivity contribution in [3.05, 3.63) is 30.1 Å². The van der Waals surface area contributed by atoms with Crippen LogP contribution in [0.1, 0.15) is 13.8 Å². The van der Waals surface area contributed by atoms with Crippen LogP contribution >= 0.6 is 0 Å². The van der Waals surface area contributed by atoms with Crippen molar-refractivity contribution in [1.82, 2.24) is 0 Å². The number of primary amides is 1. The number of anilines is 1. The number of nitrogens with two attached hydrogens (primary N) is 1. The normalized spacial score (nSPS) is 11.1. The summed E-state index contributed by atoms with van der Waals surface area (Å²) in [5.74, 6) is -0.836. The van der Waals surface area contributed by atoms with Gasteiger partial charge in [0.1, 0.15) is 11.4 Å². The molecule has 3 N–H and O–H groups in total. The van der Waals surface area contributed by atoms with E-state index in [1.54, 1.807) is 26.0 Å². The molecule has 0 saturated carbocycles. The van der Waals surface area contributed by atoms with Crippen LogP contribution in [-0.4, -0.2) is 11.4 Å². The maximum absolute atomic E-state index is 12.8. The highest BCUT2D eigenvalue weighted by atomic mass is 19.1. The molecule has 0 aliphatic rings. The Morgan fingerprint density at radius 1 is 1.50 bits per heavy atom. The Balaban J connectivity index is 2.83. The van der Waals surface area contributed by atoms with Gasteiger partial charge in [0.2, 0.25) is 5.91 Å². The van der Waals surface area contributed by atoms with Crippen molar-refractivity contribution < 1.29 is 9.18 Å². The highest BCUT2D eigenvalue weighted by molar-refractivity contribution is 5.86. The molecule has 0 fully saturated rings. The fourth-order valence-corrected chi connectivity index (χ4v) is 0.989. The first-order valence-corrected chi connectivity index (χ1v) is 4.25. The summed E-state index contributed by atoms with van der Waals surface area (Å²) >= 11 is 0. The maximum Gasteiger partial charge on any atom is 0.242 e. The lowest BCUT2D eigenvalue weighted by atomic mass is 10.0. The molecule has 14 heavy (non-hydrogen) atoms. The van der Waals surface area contributed by atoms with Crippen LogP contribution in [0.5, 0.6) is 0 Å². The number of carbonyl (C=O) groups excluding carboxylic acids is 1. The van der Waals surface area contributed by atoms with E-state index in [1.807, 2.05) is 0 Å². The Bertz CT molecular complexity index is 350. The quantitative estimate of drug-likeness (QED) is 0.769. The molecule has 3 nitrogen and oxygen atoms in total. The van der Waals surface area contributed by atoms with Crippen LogP contribution in [-0.2, 0) is 4.79 Å². The zero-order chi connectivity index (χ0) is 10.8. The third kappa shape index (κ3) is 2.45. The molecular weight excluding hydrogens is 183 g/mol. The topological polar surface area (TPSA) is 55.1 Å². The molecular formula is C10H13FN2O. The second-order valence-electron chi connectivity index (χ2n) is 3.62. The van der Waals surface area contributed by atoms with E-state index in [1.165, 1.54) is 12.1 Å². The number of carbonyl (C=O) groups is 1. The lowest BCUT2D eigenvalue weighted by Gasteiger charge is -2.23. The number of hydrogen-bond donors (Lipinski definition) is 2. The molecule has 0 unspecified atom stereocenters. The summed E-state index contributed by atoms with van der Waals surface area (Å²) in [6.07, 6.45) is 0. The first-order valence-electron chi connectivity index (χ1n) is 4.25. The molecule has 4 heteroatoms. The average Bonchev–Trinajstić information content (AvgIpc) is 2.02. The van der Waals surface area contributed by atoms with Crippen LogP contribution in [0.25, 0.3) is 0 Å². The molecule has 1 aromatic rings. The maximum atomic E-state index is 12.8. The molecule has 0 aliphatic heterocycles. The summed E-state index contributed by atoms with van der Waals surface area (Å²) in [7, 11) is 0. The summed E-state index contributed by atoms with van der Waals surface area (Å²) < 4.78 is 12.8. The zero-order valence-corrected chi connectivity index (χ0v) is 8.17. The molecule has 1 rings (SSSR count). The van der Waals surface area contributed by atoms with Gasteiger partial charge in [-0.25, -0.2) is 4.39 Å². The van der Waals surface area contributed by atoms with Gasteiger partial charge in [-0.15, -0.1) is 0 Å². The molecule has 0 radical (unpaired) electrons. The second-order valence-corrected chi connectivity index (χ2v) is 3.62. The van der Waals surface area contributed by atoms with Crippen molar-refractivity contribution >= 4 is 11.6 Å². The SMILES string of the molecule is CC(C)(Nc1cccc(F)c1)C(N)=O. The van der Waals surface area contributed by atoms with Gasteiger partial charge in [0.25, 0.3) is 0 Å². The smallest absolute Gasteiger partial charge is 0.242 e. The summed E-state index contributed by atoms with van der Waals surface area (Å²) in [6.45, 7) is 3.28. The van der Waals surface area contributed by atoms with Gasteiger partial charge in [-0.3, -0.25) is 4.79 Å². The first kappa shape index (κ1) is 10.5. The highest BCUT2D eigenvalue weighted by Crippen LogP contribution is 2.15. The minimum atomic E-state index is -0.881. The first-order chi connectivity index (χ1) is 6.42. The third-order valence-electron chi connectivity index (χ3n) is 1.90. The van der Waals surface area contributed by atoms with Crippen molar-refractivity contribution in [1.29, 1.82) is 0 Å². The highest BCUT2D eigenvalue weighted by Gasteiger charge is 2.24. The minimum absolute atomic E-state index is 0.352. The number of amides is 1. The Labute approximate surface area is 82.1 Å². The largest absolute Gasteiger partial charge is 0.372 e. The van der Waals surface area contributed by atoms with Gasteiger partial charge in [0.15, 0.2) is 0 Å².